The summed E-state index contributed by atoms with van der Waals surface area (Å²) < 4.78 is 6.11. The van der Waals surface area contributed by atoms with E-state index in [9.17, 15) is 5.11 Å². The minimum atomic E-state index is 0.251. The standard InChI is InChI=1S/C30H27N3O2S/c1-2-6-22-9-15-26-27(17-18-31-30(26)32-22)33-28-19-24(35-20-21-7-4-3-5-8-21)12-16-29(28)36-25-13-10-23(34)11-14-25/h3-5,7-19,34H,2,6,20H2,1H3,(H,31,32,33). The third-order valence-corrected chi connectivity index (χ3v) is 6.78. The van der Waals surface area contributed by atoms with Gasteiger partial charge in [-0.1, -0.05) is 55.4 Å². The molecule has 0 bridgehead atoms. The molecule has 0 radical (unpaired) electrons. The number of aromatic nitrogens is 2. The number of pyridine rings is 2. The summed E-state index contributed by atoms with van der Waals surface area (Å²) >= 11 is 1.62. The van der Waals surface area contributed by atoms with Crippen molar-refractivity contribution in [1.82, 2.24) is 9.97 Å². The molecule has 5 rings (SSSR count). The van der Waals surface area contributed by atoms with Crippen LogP contribution in [0.5, 0.6) is 11.5 Å². The summed E-state index contributed by atoms with van der Waals surface area (Å²) in [7, 11) is 0. The molecule has 0 aliphatic heterocycles. The number of rotatable bonds is 9. The first-order valence-electron chi connectivity index (χ1n) is 12.0. The lowest BCUT2D eigenvalue weighted by molar-refractivity contribution is 0.306. The quantitative estimate of drug-likeness (QED) is 0.219. The van der Waals surface area contributed by atoms with Gasteiger partial charge in [-0.2, -0.15) is 0 Å². The minimum Gasteiger partial charge on any atom is -0.508 e. The van der Waals surface area contributed by atoms with Gasteiger partial charge in [-0.05, 0) is 66.6 Å². The first-order chi connectivity index (χ1) is 17.7. The number of nitrogens with zero attached hydrogens (tertiary/aromatic N) is 2. The van der Waals surface area contributed by atoms with Gasteiger partial charge in [0.05, 0.1) is 11.4 Å². The maximum Gasteiger partial charge on any atom is 0.161 e. The van der Waals surface area contributed by atoms with Gasteiger partial charge in [0, 0.05) is 33.1 Å². The van der Waals surface area contributed by atoms with Gasteiger partial charge in [0.1, 0.15) is 18.1 Å². The third kappa shape index (κ3) is 5.78. The Morgan fingerprint density at radius 1 is 0.889 bits per heavy atom. The van der Waals surface area contributed by atoms with E-state index in [4.69, 9.17) is 9.72 Å². The molecule has 180 valence electrons. The first kappa shape index (κ1) is 23.7. The fourth-order valence-corrected chi connectivity index (χ4v) is 4.77. The SMILES string of the molecule is CCCc1ccc2c(Nc3cc(OCc4ccccc4)ccc3Sc3ccc(O)cc3)ccnc2n1. The summed E-state index contributed by atoms with van der Waals surface area (Å²) in [4.78, 5) is 11.3. The van der Waals surface area contributed by atoms with E-state index in [2.05, 4.69) is 47.6 Å². The second-order valence-electron chi connectivity index (χ2n) is 8.44. The second kappa shape index (κ2) is 11.1. The van der Waals surface area contributed by atoms with Gasteiger partial charge in [0.25, 0.3) is 0 Å². The summed E-state index contributed by atoms with van der Waals surface area (Å²) in [6.45, 7) is 2.64. The van der Waals surface area contributed by atoms with Crippen LogP contribution in [-0.2, 0) is 13.0 Å². The number of benzene rings is 3. The van der Waals surface area contributed by atoms with Crippen LogP contribution in [0.2, 0.25) is 0 Å². The minimum absolute atomic E-state index is 0.251. The van der Waals surface area contributed by atoms with Crippen LogP contribution < -0.4 is 10.1 Å². The highest BCUT2D eigenvalue weighted by atomic mass is 32.2. The Hall–Kier alpha value is -4.03. The predicted octanol–water partition coefficient (Wildman–Crippen LogP) is 7.76. The van der Waals surface area contributed by atoms with Crippen molar-refractivity contribution in [3.8, 4) is 11.5 Å². The van der Waals surface area contributed by atoms with Crippen LogP contribution in [0, 0.1) is 0 Å². The number of aryl methyl sites for hydroxylation is 1. The summed E-state index contributed by atoms with van der Waals surface area (Å²) in [5, 5.41) is 14.2. The molecular weight excluding hydrogens is 466 g/mol. The molecule has 0 aliphatic rings. The van der Waals surface area contributed by atoms with Crippen molar-refractivity contribution < 1.29 is 9.84 Å². The lowest BCUT2D eigenvalue weighted by Gasteiger charge is -2.16. The van der Waals surface area contributed by atoms with Crippen molar-refractivity contribution in [3.63, 3.8) is 0 Å². The molecular formula is C30H27N3O2S. The third-order valence-electron chi connectivity index (χ3n) is 5.70. The molecule has 5 nitrogen and oxygen atoms in total. The molecule has 0 amide bonds. The molecule has 36 heavy (non-hydrogen) atoms. The normalized spacial score (nSPS) is 10.9. The maximum absolute atomic E-state index is 9.67. The predicted molar refractivity (Wildman–Crippen MR) is 146 cm³/mol. The van der Waals surface area contributed by atoms with Gasteiger partial charge in [-0.3, -0.25) is 0 Å². The van der Waals surface area contributed by atoms with E-state index in [1.807, 2.05) is 48.5 Å². The van der Waals surface area contributed by atoms with Crippen LogP contribution in [0.1, 0.15) is 24.6 Å². The van der Waals surface area contributed by atoms with Crippen LogP contribution in [-0.4, -0.2) is 15.1 Å². The van der Waals surface area contributed by atoms with Crippen LogP contribution in [0.15, 0.2) is 107 Å². The molecule has 0 spiro atoms. The highest BCUT2D eigenvalue weighted by molar-refractivity contribution is 7.99. The van der Waals surface area contributed by atoms with Crippen molar-refractivity contribution in [2.45, 2.75) is 36.2 Å². The van der Waals surface area contributed by atoms with E-state index >= 15 is 0 Å². The Morgan fingerprint density at radius 2 is 1.72 bits per heavy atom. The van der Waals surface area contributed by atoms with Crippen molar-refractivity contribution in [1.29, 1.82) is 0 Å². The van der Waals surface area contributed by atoms with Crippen LogP contribution in [0.25, 0.3) is 11.0 Å². The van der Waals surface area contributed by atoms with Crippen molar-refractivity contribution >= 4 is 34.2 Å². The number of hydrogen-bond donors (Lipinski definition) is 2. The van der Waals surface area contributed by atoms with Crippen molar-refractivity contribution in [2.24, 2.45) is 0 Å². The Labute approximate surface area is 215 Å². The lowest BCUT2D eigenvalue weighted by atomic mass is 10.2. The molecule has 3 aromatic carbocycles. The van der Waals surface area contributed by atoms with Crippen LogP contribution in [0.3, 0.4) is 0 Å². The number of aromatic hydroxyl groups is 1. The summed E-state index contributed by atoms with van der Waals surface area (Å²) in [5.74, 6) is 1.03. The van der Waals surface area contributed by atoms with Crippen LogP contribution >= 0.6 is 11.8 Å². The molecule has 0 unspecified atom stereocenters. The van der Waals surface area contributed by atoms with E-state index in [1.165, 1.54) is 0 Å². The highest BCUT2D eigenvalue weighted by Crippen LogP contribution is 2.38. The van der Waals surface area contributed by atoms with Gasteiger partial charge >= 0.3 is 0 Å². The Bertz CT molecular complexity index is 1460. The topological polar surface area (TPSA) is 67.3 Å². The monoisotopic (exact) mass is 493 g/mol. The largest absolute Gasteiger partial charge is 0.508 e. The summed E-state index contributed by atoms with van der Waals surface area (Å²) in [5.41, 5.74) is 4.75. The lowest BCUT2D eigenvalue weighted by Crippen LogP contribution is -1.99. The number of nitrogens with one attached hydrogen (secondary N) is 1. The molecule has 5 aromatic rings. The van der Waals surface area contributed by atoms with Gasteiger partial charge in [0.2, 0.25) is 0 Å². The number of ether oxygens (including phenoxy) is 1. The highest BCUT2D eigenvalue weighted by Gasteiger charge is 2.11. The molecule has 2 heterocycles. The van der Waals surface area contributed by atoms with Crippen molar-refractivity contribution in [2.75, 3.05) is 5.32 Å². The fourth-order valence-electron chi connectivity index (χ4n) is 3.89. The average Bonchev–Trinajstić information content (AvgIpc) is 2.91. The second-order valence-corrected chi connectivity index (χ2v) is 9.55. The fraction of sp³-hybridized carbons (Fsp3) is 0.133. The van der Waals surface area contributed by atoms with E-state index in [-0.39, 0.29) is 5.75 Å². The number of phenolic OH excluding ortho intramolecular Hbond substituents is 1. The maximum atomic E-state index is 9.67. The molecule has 0 fully saturated rings. The van der Waals surface area contributed by atoms with E-state index in [0.29, 0.717) is 6.61 Å². The summed E-state index contributed by atoms with van der Waals surface area (Å²) in [6.07, 6.45) is 3.77. The molecule has 2 N–H and O–H groups in total. The van der Waals surface area contributed by atoms with E-state index < -0.39 is 0 Å². The zero-order valence-corrected chi connectivity index (χ0v) is 20.8. The van der Waals surface area contributed by atoms with Gasteiger partial charge in [-0.15, -0.1) is 0 Å². The van der Waals surface area contributed by atoms with Gasteiger partial charge in [-0.25, -0.2) is 9.97 Å². The summed E-state index contributed by atoms with van der Waals surface area (Å²) in [6, 6.07) is 29.5. The van der Waals surface area contributed by atoms with E-state index in [1.54, 1.807) is 30.1 Å². The molecule has 0 aliphatic carbocycles. The van der Waals surface area contributed by atoms with Gasteiger partial charge in [0.15, 0.2) is 5.65 Å². The van der Waals surface area contributed by atoms with Gasteiger partial charge < -0.3 is 15.2 Å². The van der Waals surface area contributed by atoms with E-state index in [0.717, 1.165) is 62.0 Å². The number of phenols is 1. The van der Waals surface area contributed by atoms with Crippen LogP contribution in [0.4, 0.5) is 11.4 Å². The number of anilines is 2. The smallest absolute Gasteiger partial charge is 0.161 e. The molecule has 0 saturated heterocycles. The zero-order valence-electron chi connectivity index (χ0n) is 20.0. The van der Waals surface area contributed by atoms with Crippen molar-refractivity contribution in [3.05, 3.63) is 108 Å². The Balaban J connectivity index is 1.47. The molecule has 0 saturated carbocycles. The average molecular weight is 494 g/mol. The zero-order chi connectivity index (χ0) is 24.7. The Kier molecular flexibility index (Phi) is 7.33. The number of fused-ring (bicyclic) bond motifs is 1. The molecule has 0 atom stereocenters. The molecule has 6 heteroatoms. The number of hydrogen-bond acceptors (Lipinski definition) is 6. The molecule has 2 aromatic heterocycles. The first-order valence-corrected chi connectivity index (χ1v) is 12.8. The Morgan fingerprint density at radius 3 is 2.53 bits per heavy atom.